The van der Waals surface area contributed by atoms with E-state index in [1.807, 2.05) is 24.3 Å². The molecular formula is C18H9Cl2NO2. The number of nitrogens with zero attached hydrogens (tertiary/aromatic N) is 1. The van der Waals surface area contributed by atoms with E-state index < -0.39 is 0 Å². The molecule has 0 N–H and O–H groups in total. The summed E-state index contributed by atoms with van der Waals surface area (Å²) in [5, 5.41) is 2.53. The number of anilines is 1. The maximum atomic E-state index is 12.7. The minimum Gasteiger partial charge on any atom is -0.268 e. The highest BCUT2D eigenvalue weighted by molar-refractivity contribution is 6.41. The number of rotatable bonds is 1. The van der Waals surface area contributed by atoms with Crippen LogP contribution in [0.15, 0.2) is 54.6 Å². The lowest BCUT2D eigenvalue weighted by atomic mass is 10.0. The van der Waals surface area contributed by atoms with E-state index in [9.17, 15) is 9.59 Å². The lowest BCUT2D eigenvalue weighted by molar-refractivity contribution is 0.0926. The van der Waals surface area contributed by atoms with E-state index in [1.54, 1.807) is 24.3 Å². The predicted molar refractivity (Wildman–Crippen MR) is 91.6 cm³/mol. The highest BCUT2D eigenvalue weighted by Crippen LogP contribution is 2.36. The molecular weight excluding hydrogens is 333 g/mol. The van der Waals surface area contributed by atoms with Gasteiger partial charge in [0.25, 0.3) is 11.8 Å². The van der Waals surface area contributed by atoms with E-state index in [1.165, 1.54) is 6.07 Å². The van der Waals surface area contributed by atoms with Gasteiger partial charge in [-0.15, -0.1) is 0 Å². The first-order chi connectivity index (χ1) is 11.1. The van der Waals surface area contributed by atoms with Crippen LogP contribution in [0.1, 0.15) is 20.7 Å². The number of hydrogen-bond donors (Lipinski definition) is 0. The van der Waals surface area contributed by atoms with Crippen LogP contribution >= 0.6 is 23.2 Å². The molecule has 0 saturated heterocycles. The number of benzene rings is 3. The molecule has 0 bridgehead atoms. The Morgan fingerprint density at radius 2 is 1.30 bits per heavy atom. The quantitative estimate of drug-likeness (QED) is 0.587. The topological polar surface area (TPSA) is 37.4 Å². The average molecular weight is 342 g/mol. The standard InChI is InChI=1S/C18H9Cl2NO2/c19-12-5-6-15(20)16(9-12)21-17(22)13-7-10-3-1-2-4-11(10)8-14(13)18(21)23/h1-9H. The fourth-order valence-electron chi connectivity index (χ4n) is 2.80. The third-order valence-electron chi connectivity index (χ3n) is 3.90. The van der Waals surface area contributed by atoms with Crippen molar-refractivity contribution in [1.82, 2.24) is 0 Å². The molecule has 0 spiro atoms. The molecule has 4 rings (SSSR count). The zero-order chi connectivity index (χ0) is 16.1. The first-order valence-corrected chi connectivity index (χ1v) is 7.68. The van der Waals surface area contributed by atoms with Gasteiger partial charge in [0.2, 0.25) is 0 Å². The minimum absolute atomic E-state index is 0.300. The van der Waals surface area contributed by atoms with Gasteiger partial charge in [0, 0.05) is 5.02 Å². The van der Waals surface area contributed by atoms with Crippen molar-refractivity contribution in [3.63, 3.8) is 0 Å². The second kappa shape index (κ2) is 5.08. The summed E-state index contributed by atoms with van der Waals surface area (Å²) in [7, 11) is 0. The average Bonchev–Trinajstić information content (AvgIpc) is 2.79. The summed E-state index contributed by atoms with van der Waals surface area (Å²) < 4.78 is 0. The smallest absolute Gasteiger partial charge is 0.266 e. The lowest BCUT2D eigenvalue weighted by Gasteiger charge is -2.15. The van der Waals surface area contributed by atoms with Crippen molar-refractivity contribution < 1.29 is 9.59 Å². The maximum absolute atomic E-state index is 12.7. The van der Waals surface area contributed by atoms with Gasteiger partial charge >= 0.3 is 0 Å². The molecule has 1 heterocycles. The van der Waals surface area contributed by atoms with Gasteiger partial charge in [-0.2, -0.15) is 0 Å². The molecule has 23 heavy (non-hydrogen) atoms. The van der Waals surface area contributed by atoms with Crippen LogP contribution < -0.4 is 4.90 Å². The van der Waals surface area contributed by atoms with Gasteiger partial charge in [0.15, 0.2) is 0 Å². The minimum atomic E-state index is -0.389. The summed E-state index contributed by atoms with van der Waals surface area (Å²) in [4.78, 5) is 26.5. The molecule has 0 radical (unpaired) electrons. The first kappa shape index (κ1) is 14.2. The van der Waals surface area contributed by atoms with E-state index >= 15 is 0 Å². The largest absolute Gasteiger partial charge is 0.268 e. The molecule has 1 aliphatic heterocycles. The Morgan fingerprint density at radius 3 is 1.87 bits per heavy atom. The molecule has 0 fully saturated rings. The Balaban J connectivity index is 1.92. The molecule has 3 aromatic carbocycles. The molecule has 0 aliphatic carbocycles. The van der Waals surface area contributed by atoms with E-state index in [0.29, 0.717) is 26.9 Å². The van der Waals surface area contributed by atoms with Crippen molar-refractivity contribution in [2.24, 2.45) is 0 Å². The van der Waals surface area contributed by atoms with Crippen molar-refractivity contribution in [1.29, 1.82) is 0 Å². The van der Waals surface area contributed by atoms with Crippen LogP contribution in [0, 0.1) is 0 Å². The second-order valence-corrected chi connectivity index (χ2v) is 6.13. The summed E-state index contributed by atoms with van der Waals surface area (Å²) in [5.74, 6) is -0.778. The number of imide groups is 1. The monoisotopic (exact) mass is 341 g/mol. The molecule has 3 nitrogen and oxygen atoms in total. The molecule has 0 saturated carbocycles. The SMILES string of the molecule is O=C1c2cc3ccccc3cc2C(=O)N1c1cc(Cl)ccc1Cl. The Hall–Kier alpha value is -2.36. The highest BCUT2D eigenvalue weighted by Gasteiger charge is 2.38. The van der Waals surface area contributed by atoms with Crippen molar-refractivity contribution >= 4 is 51.5 Å². The molecule has 3 aromatic rings. The van der Waals surface area contributed by atoms with Gasteiger partial charge < -0.3 is 0 Å². The Kier molecular flexibility index (Phi) is 3.15. The molecule has 112 valence electrons. The summed E-state index contributed by atoms with van der Waals surface area (Å²) >= 11 is 12.1. The number of hydrogen-bond acceptors (Lipinski definition) is 2. The van der Waals surface area contributed by atoms with Crippen LogP contribution in [-0.4, -0.2) is 11.8 Å². The zero-order valence-electron chi connectivity index (χ0n) is 11.7. The van der Waals surface area contributed by atoms with Crippen LogP contribution in [0.2, 0.25) is 10.0 Å². The molecule has 0 aromatic heterocycles. The zero-order valence-corrected chi connectivity index (χ0v) is 13.2. The van der Waals surface area contributed by atoms with Crippen LogP contribution in [0.3, 0.4) is 0 Å². The number of amides is 2. The third-order valence-corrected chi connectivity index (χ3v) is 4.46. The van der Waals surface area contributed by atoms with Crippen molar-refractivity contribution in [2.45, 2.75) is 0 Å². The summed E-state index contributed by atoms with van der Waals surface area (Å²) in [6, 6.07) is 15.8. The van der Waals surface area contributed by atoms with Crippen LogP contribution in [0.5, 0.6) is 0 Å². The number of halogens is 2. The van der Waals surface area contributed by atoms with Gasteiger partial charge in [-0.05, 0) is 41.1 Å². The van der Waals surface area contributed by atoms with Crippen molar-refractivity contribution in [3.05, 3.63) is 75.8 Å². The van der Waals surface area contributed by atoms with Gasteiger partial charge in [0.1, 0.15) is 0 Å². The van der Waals surface area contributed by atoms with Gasteiger partial charge in [-0.25, -0.2) is 4.90 Å². The molecule has 0 unspecified atom stereocenters. The van der Waals surface area contributed by atoms with Crippen LogP contribution in [-0.2, 0) is 0 Å². The predicted octanol–water partition coefficient (Wildman–Crippen LogP) is 4.95. The number of fused-ring (bicyclic) bond motifs is 2. The lowest BCUT2D eigenvalue weighted by Crippen LogP contribution is -2.29. The van der Waals surface area contributed by atoms with Crippen LogP contribution in [0.4, 0.5) is 5.69 Å². The fraction of sp³-hybridized carbons (Fsp3) is 0. The van der Waals surface area contributed by atoms with Crippen molar-refractivity contribution in [3.8, 4) is 0 Å². The normalized spacial score (nSPS) is 13.7. The second-order valence-electron chi connectivity index (χ2n) is 5.29. The number of carbonyl (C=O) groups is 2. The maximum Gasteiger partial charge on any atom is 0.266 e. The van der Waals surface area contributed by atoms with Crippen molar-refractivity contribution in [2.75, 3.05) is 4.90 Å². The Morgan fingerprint density at radius 1 is 0.739 bits per heavy atom. The first-order valence-electron chi connectivity index (χ1n) is 6.93. The molecule has 5 heteroatoms. The fourth-order valence-corrected chi connectivity index (χ4v) is 3.17. The third kappa shape index (κ3) is 2.12. The van der Waals surface area contributed by atoms with E-state index in [0.717, 1.165) is 15.7 Å². The highest BCUT2D eigenvalue weighted by atomic mass is 35.5. The van der Waals surface area contributed by atoms with E-state index in [-0.39, 0.29) is 11.8 Å². The van der Waals surface area contributed by atoms with E-state index in [2.05, 4.69) is 0 Å². The van der Waals surface area contributed by atoms with Gasteiger partial charge in [-0.1, -0.05) is 47.5 Å². The van der Waals surface area contributed by atoms with Gasteiger partial charge in [0.05, 0.1) is 21.8 Å². The molecule has 2 amide bonds. The number of carbonyl (C=O) groups excluding carboxylic acids is 2. The molecule has 0 atom stereocenters. The summed E-state index contributed by atoms with van der Waals surface area (Å²) in [6.07, 6.45) is 0. The summed E-state index contributed by atoms with van der Waals surface area (Å²) in [5.41, 5.74) is 1.06. The Labute approximate surface area is 142 Å². The summed E-state index contributed by atoms with van der Waals surface area (Å²) in [6.45, 7) is 0. The van der Waals surface area contributed by atoms with E-state index in [4.69, 9.17) is 23.2 Å². The van der Waals surface area contributed by atoms with Gasteiger partial charge in [-0.3, -0.25) is 9.59 Å². The Bertz CT molecular complexity index is 943. The molecule has 1 aliphatic rings. The van der Waals surface area contributed by atoms with Crippen LogP contribution in [0.25, 0.3) is 10.8 Å².